The summed E-state index contributed by atoms with van der Waals surface area (Å²) in [5.74, 6) is -0.00153. The van der Waals surface area contributed by atoms with Crippen molar-refractivity contribution in [3.63, 3.8) is 0 Å². The van der Waals surface area contributed by atoms with E-state index in [4.69, 9.17) is 5.73 Å². The van der Waals surface area contributed by atoms with Crippen LogP contribution in [0.4, 0.5) is 0 Å². The zero-order valence-electron chi connectivity index (χ0n) is 15.7. The van der Waals surface area contributed by atoms with Crippen molar-refractivity contribution < 1.29 is 9.90 Å². The number of likely N-dealkylation sites (tertiary alicyclic amines) is 1. The lowest BCUT2D eigenvalue weighted by atomic mass is 9.75. The molecule has 2 unspecified atom stereocenters. The lowest BCUT2D eigenvalue weighted by Gasteiger charge is -2.45. The number of piperidine rings is 1. The molecule has 1 saturated heterocycles. The van der Waals surface area contributed by atoms with Crippen molar-refractivity contribution >= 4 is 5.91 Å². The van der Waals surface area contributed by atoms with Crippen molar-refractivity contribution in [2.45, 2.75) is 31.3 Å². The zero-order chi connectivity index (χ0) is 18.9. The molecule has 4 heteroatoms. The Morgan fingerprint density at radius 1 is 1.07 bits per heavy atom. The second-order valence-electron chi connectivity index (χ2n) is 8.09. The SMILES string of the molecule is NC(=O)c1cccc(C2(O)C3CCC2CN(CCCc2ccccc2)C3)c1. The summed E-state index contributed by atoms with van der Waals surface area (Å²) in [6, 6.07) is 17.9. The summed E-state index contributed by atoms with van der Waals surface area (Å²) < 4.78 is 0. The average molecular weight is 364 g/mol. The molecule has 0 radical (unpaired) electrons. The van der Waals surface area contributed by atoms with Crippen LogP contribution < -0.4 is 5.73 Å². The van der Waals surface area contributed by atoms with Gasteiger partial charge in [0, 0.05) is 30.5 Å². The summed E-state index contributed by atoms with van der Waals surface area (Å²) in [6.07, 6.45) is 4.31. The average Bonchev–Trinajstić information content (AvgIpc) is 2.86. The predicted molar refractivity (Wildman–Crippen MR) is 106 cm³/mol. The number of hydrogen-bond donors (Lipinski definition) is 2. The van der Waals surface area contributed by atoms with Gasteiger partial charge in [-0.3, -0.25) is 4.79 Å². The highest BCUT2D eigenvalue weighted by Gasteiger charge is 2.53. The molecular weight excluding hydrogens is 336 g/mol. The Morgan fingerprint density at radius 2 is 1.78 bits per heavy atom. The van der Waals surface area contributed by atoms with E-state index in [0.29, 0.717) is 5.56 Å². The summed E-state index contributed by atoms with van der Waals surface area (Å²) in [4.78, 5) is 14.1. The Balaban J connectivity index is 1.42. The minimum Gasteiger partial charge on any atom is -0.384 e. The minimum atomic E-state index is -0.832. The third kappa shape index (κ3) is 3.52. The highest BCUT2D eigenvalue weighted by atomic mass is 16.3. The monoisotopic (exact) mass is 364 g/mol. The van der Waals surface area contributed by atoms with E-state index in [2.05, 4.69) is 35.2 Å². The number of carbonyl (C=O) groups excluding carboxylic acids is 1. The van der Waals surface area contributed by atoms with Crippen molar-refractivity contribution in [1.82, 2.24) is 4.90 Å². The van der Waals surface area contributed by atoms with Crippen LogP contribution in [0.1, 0.15) is 40.7 Å². The maximum Gasteiger partial charge on any atom is 0.248 e. The van der Waals surface area contributed by atoms with Gasteiger partial charge in [-0.2, -0.15) is 0 Å². The van der Waals surface area contributed by atoms with Gasteiger partial charge in [-0.1, -0.05) is 42.5 Å². The van der Waals surface area contributed by atoms with Gasteiger partial charge in [0.15, 0.2) is 0 Å². The number of fused-ring (bicyclic) bond motifs is 2. The van der Waals surface area contributed by atoms with Crippen molar-refractivity contribution in [3.05, 3.63) is 71.3 Å². The molecule has 2 fully saturated rings. The Morgan fingerprint density at radius 3 is 2.44 bits per heavy atom. The van der Waals surface area contributed by atoms with E-state index in [0.717, 1.165) is 50.9 Å². The first-order valence-corrected chi connectivity index (χ1v) is 9.96. The Hall–Kier alpha value is -2.17. The Labute approximate surface area is 161 Å². The minimum absolute atomic E-state index is 0.219. The van der Waals surface area contributed by atoms with E-state index < -0.39 is 11.5 Å². The molecule has 0 spiro atoms. The molecule has 1 aliphatic heterocycles. The van der Waals surface area contributed by atoms with E-state index in [1.54, 1.807) is 12.1 Å². The fourth-order valence-electron chi connectivity index (χ4n) is 5.06. The number of rotatable bonds is 6. The number of carbonyl (C=O) groups is 1. The molecule has 2 aromatic rings. The normalized spacial score (nSPS) is 27.6. The maximum absolute atomic E-state index is 11.6. The molecule has 27 heavy (non-hydrogen) atoms. The molecule has 2 aliphatic rings. The standard InChI is InChI=1S/C23H28N2O2/c24-22(26)18-9-4-10-19(14-18)23(27)20-11-12-21(23)16-25(15-20)13-5-8-17-6-2-1-3-7-17/h1-4,6-7,9-10,14,20-21,27H,5,8,11-13,15-16H2,(H2,24,26). The first-order chi connectivity index (χ1) is 13.1. The molecule has 0 aromatic heterocycles. The van der Waals surface area contributed by atoms with Gasteiger partial charge in [-0.15, -0.1) is 0 Å². The van der Waals surface area contributed by atoms with Gasteiger partial charge in [-0.05, 0) is 55.5 Å². The Kier molecular flexibility index (Phi) is 5.02. The second kappa shape index (κ2) is 7.45. The Bertz CT molecular complexity index is 791. The largest absolute Gasteiger partial charge is 0.384 e. The van der Waals surface area contributed by atoms with Crippen molar-refractivity contribution in [1.29, 1.82) is 0 Å². The van der Waals surface area contributed by atoms with Crippen LogP contribution in [-0.2, 0) is 12.0 Å². The predicted octanol–water partition coefficient (Wildman–Crippen LogP) is 2.95. The smallest absolute Gasteiger partial charge is 0.248 e. The van der Waals surface area contributed by atoms with Crippen LogP contribution >= 0.6 is 0 Å². The topological polar surface area (TPSA) is 66.6 Å². The van der Waals surface area contributed by atoms with Crippen LogP contribution in [0.3, 0.4) is 0 Å². The zero-order valence-corrected chi connectivity index (χ0v) is 15.7. The molecular formula is C23H28N2O2. The summed E-state index contributed by atoms with van der Waals surface area (Å²) in [7, 11) is 0. The van der Waals surface area contributed by atoms with Crippen LogP contribution in [0.2, 0.25) is 0 Å². The van der Waals surface area contributed by atoms with E-state index in [9.17, 15) is 9.90 Å². The van der Waals surface area contributed by atoms with Crippen LogP contribution in [0.15, 0.2) is 54.6 Å². The number of benzene rings is 2. The van der Waals surface area contributed by atoms with Crippen LogP contribution in [0.5, 0.6) is 0 Å². The first-order valence-electron chi connectivity index (χ1n) is 9.96. The molecule has 4 rings (SSSR count). The van der Waals surface area contributed by atoms with Gasteiger partial charge < -0.3 is 15.7 Å². The number of nitrogens with two attached hydrogens (primary N) is 1. The van der Waals surface area contributed by atoms with Crippen molar-refractivity contribution in [3.8, 4) is 0 Å². The summed E-state index contributed by atoms with van der Waals surface area (Å²) in [5, 5.41) is 11.6. The quantitative estimate of drug-likeness (QED) is 0.828. The lowest BCUT2D eigenvalue weighted by Crippen LogP contribution is -2.52. The van der Waals surface area contributed by atoms with Crippen LogP contribution in [-0.4, -0.2) is 35.5 Å². The first kappa shape index (κ1) is 18.2. The summed E-state index contributed by atoms with van der Waals surface area (Å²) in [5.41, 5.74) is 7.32. The molecule has 2 bridgehead atoms. The molecule has 142 valence electrons. The van der Waals surface area contributed by atoms with E-state index >= 15 is 0 Å². The maximum atomic E-state index is 11.6. The van der Waals surface area contributed by atoms with Crippen LogP contribution in [0.25, 0.3) is 0 Å². The fourth-order valence-corrected chi connectivity index (χ4v) is 5.06. The third-order valence-corrected chi connectivity index (χ3v) is 6.46. The molecule has 1 aliphatic carbocycles. The molecule has 2 atom stereocenters. The van der Waals surface area contributed by atoms with Crippen LogP contribution in [0, 0.1) is 11.8 Å². The van der Waals surface area contributed by atoms with E-state index in [-0.39, 0.29) is 11.8 Å². The molecule has 4 nitrogen and oxygen atoms in total. The molecule has 1 amide bonds. The lowest BCUT2D eigenvalue weighted by molar-refractivity contribution is -0.0897. The number of amides is 1. The van der Waals surface area contributed by atoms with Gasteiger partial charge in [0.1, 0.15) is 0 Å². The van der Waals surface area contributed by atoms with Gasteiger partial charge in [0.05, 0.1) is 5.60 Å². The number of primary amides is 1. The van der Waals surface area contributed by atoms with Crippen molar-refractivity contribution in [2.24, 2.45) is 17.6 Å². The summed E-state index contributed by atoms with van der Waals surface area (Å²) >= 11 is 0. The number of hydrogen-bond acceptors (Lipinski definition) is 3. The van der Waals surface area contributed by atoms with Gasteiger partial charge in [0.25, 0.3) is 0 Å². The molecule has 1 saturated carbocycles. The summed E-state index contributed by atoms with van der Waals surface area (Å²) in [6.45, 7) is 2.91. The molecule has 2 aromatic carbocycles. The highest BCUT2D eigenvalue weighted by molar-refractivity contribution is 5.92. The van der Waals surface area contributed by atoms with Gasteiger partial charge in [-0.25, -0.2) is 0 Å². The number of nitrogens with zero attached hydrogens (tertiary/aromatic N) is 1. The molecule has 3 N–H and O–H groups in total. The van der Waals surface area contributed by atoms with E-state index in [1.807, 2.05) is 12.1 Å². The van der Waals surface area contributed by atoms with Gasteiger partial charge >= 0.3 is 0 Å². The number of aryl methyl sites for hydroxylation is 1. The third-order valence-electron chi connectivity index (χ3n) is 6.46. The second-order valence-corrected chi connectivity index (χ2v) is 8.09. The molecule has 1 heterocycles. The van der Waals surface area contributed by atoms with Gasteiger partial charge in [0.2, 0.25) is 5.91 Å². The highest BCUT2D eigenvalue weighted by Crippen LogP contribution is 2.51. The number of aliphatic hydroxyl groups is 1. The fraction of sp³-hybridized carbons (Fsp3) is 0.435. The van der Waals surface area contributed by atoms with E-state index in [1.165, 1.54) is 5.56 Å². The van der Waals surface area contributed by atoms with Crippen molar-refractivity contribution in [2.75, 3.05) is 19.6 Å².